The number of nitrogens with zero attached hydrogens (tertiary/aromatic N) is 1. The smallest absolute Gasteiger partial charge is 0.315 e. The van der Waals surface area contributed by atoms with Gasteiger partial charge in [-0.15, -0.1) is 0 Å². The quantitative estimate of drug-likeness (QED) is 0.891. The highest BCUT2D eigenvalue weighted by Crippen LogP contribution is 2.13. The van der Waals surface area contributed by atoms with E-state index >= 15 is 0 Å². The molecule has 0 aliphatic rings. The van der Waals surface area contributed by atoms with Gasteiger partial charge in [0, 0.05) is 24.5 Å². The van der Waals surface area contributed by atoms with Crippen molar-refractivity contribution >= 4 is 5.91 Å². The zero-order valence-electron chi connectivity index (χ0n) is 11.7. The van der Waals surface area contributed by atoms with Crippen LogP contribution in [0.25, 0.3) is 0 Å². The van der Waals surface area contributed by atoms with Gasteiger partial charge >= 0.3 is 6.43 Å². The average molecular weight is 308 g/mol. The molecule has 1 N–H and O–H groups in total. The van der Waals surface area contributed by atoms with E-state index in [1.165, 1.54) is 6.07 Å². The van der Waals surface area contributed by atoms with Crippen LogP contribution in [0.4, 0.5) is 13.2 Å². The Morgan fingerprint density at radius 2 is 1.77 bits per heavy atom. The summed E-state index contributed by atoms with van der Waals surface area (Å²) in [5, 5.41) is 2.00. The van der Waals surface area contributed by atoms with Crippen LogP contribution in [0.5, 0.6) is 0 Å². The summed E-state index contributed by atoms with van der Waals surface area (Å²) in [5.74, 6) is -1.93. The van der Waals surface area contributed by atoms with Crippen LogP contribution in [-0.4, -0.2) is 17.3 Å². The second-order valence-electron chi connectivity index (χ2n) is 4.80. The van der Waals surface area contributed by atoms with Crippen molar-refractivity contribution in [1.29, 1.82) is 0 Å². The van der Waals surface area contributed by atoms with Gasteiger partial charge in [-0.2, -0.15) is 8.78 Å². The molecule has 2 aromatic rings. The number of pyridine rings is 1. The van der Waals surface area contributed by atoms with Crippen molar-refractivity contribution in [2.24, 2.45) is 0 Å². The predicted octanol–water partition coefficient (Wildman–Crippen LogP) is 2.89. The van der Waals surface area contributed by atoms with E-state index in [0.717, 1.165) is 17.5 Å². The first-order chi connectivity index (χ1) is 10.6. The first kappa shape index (κ1) is 16.0. The average Bonchev–Trinajstić information content (AvgIpc) is 2.53. The third kappa shape index (κ3) is 4.58. The SMILES string of the molecule is O=C(NCc1cc(CCc2ccncc2)ccc1F)C(F)F. The number of hydrogen-bond donors (Lipinski definition) is 1. The fourth-order valence-electron chi connectivity index (χ4n) is 2.02. The monoisotopic (exact) mass is 308 g/mol. The number of nitrogens with one attached hydrogen (secondary N) is 1. The Bertz CT molecular complexity index is 633. The van der Waals surface area contributed by atoms with Gasteiger partial charge in [-0.1, -0.05) is 12.1 Å². The van der Waals surface area contributed by atoms with Crippen molar-refractivity contribution in [3.63, 3.8) is 0 Å². The van der Waals surface area contributed by atoms with Crippen LogP contribution < -0.4 is 5.32 Å². The second-order valence-corrected chi connectivity index (χ2v) is 4.80. The summed E-state index contributed by atoms with van der Waals surface area (Å²) in [5.41, 5.74) is 2.17. The predicted molar refractivity (Wildman–Crippen MR) is 75.9 cm³/mol. The number of aryl methyl sites for hydroxylation is 2. The van der Waals surface area contributed by atoms with Gasteiger partial charge in [0.05, 0.1) is 0 Å². The van der Waals surface area contributed by atoms with Gasteiger partial charge in [0.1, 0.15) is 5.82 Å². The second kappa shape index (κ2) is 7.59. The van der Waals surface area contributed by atoms with Crippen molar-refractivity contribution in [3.8, 4) is 0 Å². The van der Waals surface area contributed by atoms with Crippen LogP contribution in [0.3, 0.4) is 0 Å². The molecular formula is C16H15F3N2O. The van der Waals surface area contributed by atoms with Gasteiger partial charge in [0.2, 0.25) is 0 Å². The van der Waals surface area contributed by atoms with Crippen molar-refractivity contribution in [2.75, 3.05) is 0 Å². The zero-order chi connectivity index (χ0) is 15.9. The number of alkyl halides is 2. The number of aromatic nitrogens is 1. The largest absolute Gasteiger partial charge is 0.347 e. The van der Waals surface area contributed by atoms with Crippen LogP contribution in [0, 0.1) is 5.82 Å². The molecule has 0 unspecified atom stereocenters. The van der Waals surface area contributed by atoms with Gasteiger partial charge in [0.15, 0.2) is 0 Å². The molecule has 3 nitrogen and oxygen atoms in total. The Hall–Kier alpha value is -2.37. The van der Waals surface area contributed by atoms with Gasteiger partial charge in [-0.25, -0.2) is 4.39 Å². The van der Waals surface area contributed by atoms with Crippen molar-refractivity contribution in [3.05, 3.63) is 65.2 Å². The van der Waals surface area contributed by atoms with Gasteiger partial charge in [-0.3, -0.25) is 9.78 Å². The molecule has 0 bridgehead atoms. The first-order valence-electron chi connectivity index (χ1n) is 6.78. The lowest BCUT2D eigenvalue weighted by molar-refractivity contribution is -0.131. The van der Waals surface area contributed by atoms with Gasteiger partial charge in [-0.05, 0) is 42.2 Å². The summed E-state index contributed by atoms with van der Waals surface area (Å²) in [7, 11) is 0. The number of halogens is 3. The minimum Gasteiger partial charge on any atom is -0.347 e. The molecule has 0 fully saturated rings. The summed E-state index contributed by atoms with van der Waals surface area (Å²) in [6.07, 6.45) is 1.74. The minimum absolute atomic E-state index is 0.196. The number of hydrogen-bond acceptors (Lipinski definition) is 2. The highest BCUT2D eigenvalue weighted by atomic mass is 19.3. The minimum atomic E-state index is -3.10. The highest BCUT2D eigenvalue weighted by molar-refractivity contribution is 5.79. The maximum Gasteiger partial charge on any atom is 0.315 e. The molecule has 116 valence electrons. The van der Waals surface area contributed by atoms with Crippen LogP contribution in [-0.2, 0) is 24.2 Å². The van der Waals surface area contributed by atoms with E-state index in [0.29, 0.717) is 6.42 Å². The number of carbonyl (C=O) groups excluding carboxylic acids is 1. The molecule has 0 aliphatic carbocycles. The van der Waals surface area contributed by atoms with Gasteiger partial charge < -0.3 is 5.32 Å². The Morgan fingerprint density at radius 3 is 2.45 bits per heavy atom. The maximum atomic E-state index is 13.6. The molecule has 0 spiro atoms. The molecule has 22 heavy (non-hydrogen) atoms. The fourth-order valence-corrected chi connectivity index (χ4v) is 2.02. The lowest BCUT2D eigenvalue weighted by atomic mass is 10.0. The Balaban J connectivity index is 1.98. The number of carbonyl (C=O) groups is 1. The highest BCUT2D eigenvalue weighted by Gasteiger charge is 2.15. The van der Waals surface area contributed by atoms with E-state index in [-0.39, 0.29) is 12.1 Å². The summed E-state index contributed by atoms with van der Waals surface area (Å²) in [6, 6.07) is 8.31. The van der Waals surface area contributed by atoms with E-state index < -0.39 is 18.1 Å². The van der Waals surface area contributed by atoms with E-state index in [2.05, 4.69) is 4.98 Å². The topological polar surface area (TPSA) is 42.0 Å². The van der Waals surface area contributed by atoms with Crippen LogP contribution in [0.15, 0.2) is 42.7 Å². The van der Waals surface area contributed by atoms with Gasteiger partial charge in [0.25, 0.3) is 5.91 Å². The maximum absolute atomic E-state index is 13.6. The van der Waals surface area contributed by atoms with Crippen molar-refractivity contribution < 1.29 is 18.0 Å². The third-order valence-electron chi connectivity index (χ3n) is 3.21. The molecule has 1 heterocycles. The third-order valence-corrected chi connectivity index (χ3v) is 3.21. The fraction of sp³-hybridized carbons (Fsp3) is 0.250. The molecule has 1 amide bonds. The molecular weight excluding hydrogens is 293 g/mol. The van der Waals surface area contributed by atoms with Crippen LogP contribution >= 0.6 is 0 Å². The zero-order valence-corrected chi connectivity index (χ0v) is 11.7. The molecule has 0 saturated heterocycles. The lowest BCUT2D eigenvalue weighted by Crippen LogP contribution is -2.29. The van der Waals surface area contributed by atoms with E-state index in [9.17, 15) is 18.0 Å². The molecule has 1 aromatic heterocycles. The number of amides is 1. The Morgan fingerprint density at radius 1 is 1.09 bits per heavy atom. The molecule has 0 atom stereocenters. The van der Waals surface area contributed by atoms with E-state index in [4.69, 9.17) is 0 Å². The molecule has 1 aromatic carbocycles. The molecule has 0 saturated carbocycles. The lowest BCUT2D eigenvalue weighted by Gasteiger charge is -2.08. The van der Waals surface area contributed by atoms with E-state index in [1.54, 1.807) is 24.5 Å². The Kier molecular flexibility index (Phi) is 5.52. The summed E-state index contributed by atoms with van der Waals surface area (Å²) in [6.45, 7) is -0.252. The summed E-state index contributed by atoms with van der Waals surface area (Å²) < 4.78 is 37.9. The Labute approximate surface area is 126 Å². The summed E-state index contributed by atoms with van der Waals surface area (Å²) in [4.78, 5) is 14.8. The van der Waals surface area contributed by atoms with Crippen molar-refractivity contribution in [1.82, 2.24) is 10.3 Å². The summed E-state index contributed by atoms with van der Waals surface area (Å²) >= 11 is 0. The molecule has 6 heteroatoms. The number of rotatable bonds is 6. The first-order valence-corrected chi connectivity index (χ1v) is 6.78. The molecule has 0 radical (unpaired) electrons. The normalized spacial score (nSPS) is 10.7. The molecule has 0 aliphatic heterocycles. The number of benzene rings is 1. The molecule has 2 rings (SSSR count). The van der Waals surface area contributed by atoms with Crippen molar-refractivity contribution in [2.45, 2.75) is 25.8 Å². The van der Waals surface area contributed by atoms with Crippen LogP contribution in [0.1, 0.15) is 16.7 Å². The van der Waals surface area contributed by atoms with E-state index in [1.807, 2.05) is 17.4 Å². The van der Waals surface area contributed by atoms with Crippen LogP contribution in [0.2, 0.25) is 0 Å². The standard InChI is InChI=1S/C16H15F3N2O/c17-14-4-3-12(2-1-11-5-7-20-8-6-11)9-13(14)10-21-16(22)15(18)19/h3-9,15H,1-2,10H2,(H,21,22).